The molecule has 1 atom stereocenters. The summed E-state index contributed by atoms with van der Waals surface area (Å²) in [6, 6.07) is 10.9. The van der Waals surface area contributed by atoms with Crippen molar-refractivity contribution in [3.63, 3.8) is 0 Å². The van der Waals surface area contributed by atoms with Crippen molar-refractivity contribution in [2.75, 3.05) is 25.1 Å². The highest BCUT2D eigenvalue weighted by molar-refractivity contribution is 9.10. The summed E-state index contributed by atoms with van der Waals surface area (Å²) in [6.45, 7) is 1.52. The first-order valence-electron chi connectivity index (χ1n) is 9.00. The molecule has 0 aliphatic carbocycles. The molecular formula is C20H20BrN3O4. The largest absolute Gasteiger partial charge is 0.486 e. The summed E-state index contributed by atoms with van der Waals surface area (Å²) >= 11 is 3.45. The summed E-state index contributed by atoms with van der Waals surface area (Å²) in [5.41, 5.74) is 8.38. The van der Waals surface area contributed by atoms with Crippen molar-refractivity contribution in [2.24, 2.45) is 5.73 Å². The van der Waals surface area contributed by atoms with Crippen LogP contribution in [0.4, 0.5) is 5.69 Å². The summed E-state index contributed by atoms with van der Waals surface area (Å²) < 4.78 is 11.8. The zero-order valence-corrected chi connectivity index (χ0v) is 16.7. The van der Waals surface area contributed by atoms with Crippen molar-refractivity contribution < 1.29 is 19.1 Å². The maximum Gasteiger partial charge on any atom is 0.238 e. The number of carbonyl (C=O) groups excluding carboxylic acids is 2. The Morgan fingerprint density at radius 3 is 2.54 bits per heavy atom. The summed E-state index contributed by atoms with van der Waals surface area (Å²) in [6.07, 6.45) is 0.506. The number of carbonyl (C=O) groups is 2. The van der Waals surface area contributed by atoms with E-state index in [-0.39, 0.29) is 12.5 Å². The Balaban J connectivity index is 1.49. The van der Waals surface area contributed by atoms with E-state index < -0.39 is 11.9 Å². The highest BCUT2D eigenvalue weighted by Gasteiger charge is 2.31. The van der Waals surface area contributed by atoms with Crippen LogP contribution in [0.5, 0.6) is 11.5 Å². The molecule has 0 radical (unpaired) electrons. The molecule has 2 aliphatic heterocycles. The highest BCUT2D eigenvalue weighted by atomic mass is 79.9. The number of benzene rings is 2. The lowest BCUT2D eigenvalue weighted by Crippen LogP contribution is -2.50. The van der Waals surface area contributed by atoms with E-state index >= 15 is 0 Å². The third-order valence-corrected chi connectivity index (χ3v) is 5.58. The Labute approximate surface area is 170 Å². The van der Waals surface area contributed by atoms with E-state index in [0.29, 0.717) is 47.8 Å². The van der Waals surface area contributed by atoms with E-state index in [1.807, 2.05) is 29.2 Å². The van der Waals surface area contributed by atoms with E-state index in [9.17, 15) is 9.59 Å². The monoisotopic (exact) mass is 445 g/mol. The third kappa shape index (κ3) is 3.83. The van der Waals surface area contributed by atoms with Crippen LogP contribution in [0.25, 0.3) is 0 Å². The number of rotatable bonds is 4. The predicted octanol–water partition coefficient (Wildman–Crippen LogP) is 2.07. The normalized spacial score (nSPS) is 18.2. The molecular weight excluding hydrogens is 426 g/mol. The third-order valence-electron chi connectivity index (χ3n) is 4.93. The Morgan fingerprint density at radius 1 is 1.14 bits per heavy atom. The van der Waals surface area contributed by atoms with Gasteiger partial charge in [-0.3, -0.25) is 14.5 Å². The molecule has 4 rings (SSSR count). The summed E-state index contributed by atoms with van der Waals surface area (Å²) in [5, 5.41) is 2.88. The van der Waals surface area contributed by atoms with Crippen LogP contribution in [-0.4, -0.2) is 42.5 Å². The number of hydrogen-bond acceptors (Lipinski definition) is 5. The van der Waals surface area contributed by atoms with E-state index in [4.69, 9.17) is 15.2 Å². The van der Waals surface area contributed by atoms with Gasteiger partial charge in [0.1, 0.15) is 13.2 Å². The number of halogens is 1. The molecule has 2 aromatic rings. The first kappa shape index (κ1) is 18.8. The number of anilines is 1. The van der Waals surface area contributed by atoms with Crippen LogP contribution in [0.2, 0.25) is 0 Å². The smallest absolute Gasteiger partial charge is 0.238 e. The van der Waals surface area contributed by atoms with Crippen LogP contribution in [-0.2, 0) is 22.6 Å². The number of hydrogen-bond donors (Lipinski definition) is 2. The van der Waals surface area contributed by atoms with Crippen LogP contribution in [0.15, 0.2) is 40.9 Å². The molecule has 0 bridgehead atoms. The molecule has 2 amide bonds. The van der Waals surface area contributed by atoms with Crippen molar-refractivity contribution >= 4 is 33.4 Å². The standard InChI is InChI=1S/C20H20BrN3O4/c21-14-8-17-18(28-6-5-27-17)9-15(14)23-19(25)11-24-10-13-4-2-1-3-12(13)7-16(24)20(22)26/h1-4,8-9,16H,5-7,10-11H2,(H2,22,26)(H,23,25)/t16-/m1/s1. The van der Waals surface area contributed by atoms with Crippen molar-refractivity contribution in [3.8, 4) is 11.5 Å². The zero-order valence-electron chi connectivity index (χ0n) is 15.1. The summed E-state index contributed by atoms with van der Waals surface area (Å²) in [5.74, 6) is 0.565. The van der Waals surface area contributed by atoms with Gasteiger partial charge in [0.2, 0.25) is 11.8 Å². The molecule has 28 heavy (non-hydrogen) atoms. The van der Waals surface area contributed by atoms with Crippen molar-refractivity contribution in [2.45, 2.75) is 19.0 Å². The molecule has 2 heterocycles. The van der Waals surface area contributed by atoms with Gasteiger partial charge in [-0.1, -0.05) is 24.3 Å². The second-order valence-electron chi connectivity index (χ2n) is 6.82. The van der Waals surface area contributed by atoms with E-state index in [2.05, 4.69) is 21.2 Å². The molecule has 0 fully saturated rings. The molecule has 2 aliphatic rings. The van der Waals surface area contributed by atoms with E-state index in [1.165, 1.54) is 0 Å². The molecule has 0 saturated heterocycles. The molecule has 8 heteroatoms. The van der Waals surface area contributed by atoms with Gasteiger partial charge in [0.05, 0.1) is 18.3 Å². The van der Waals surface area contributed by atoms with Crippen molar-refractivity contribution in [1.29, 1.82) is 0 Å². The lowest BCUT2D eigenvalue weighted by molar-refractivity contribution is -0.125. The van der Waals surface area contributed by atoms with Crippen LogP contribution in [0.3, 0.4) is 0 Å². The van der Waals surface area contributed by atoms with Gasteiger partial charge in [0.25, 0.3) is 0 Å². The van der Waals surface area contributed by atoms with Gasteiger partial charge in [-0.25, -0.2) is 0 Å². The summed E-state index contributed by atoms with van der Waals surface area (Å²) in [4.78, 5) is 26.4. The fraction of sp³-hybridized carbons (Fsp3) is 0.300. The predicted molar refractivity (Wildman–Crippen MR) is 107 cm³/mol. The minimum absolute atomic E-state index is 0.0584. The molecule has 7 nitrogen and oxygen atoms in total. The Kier molecular flexibility index (Phi) is 5.23. The number of primary amides is 1. The first-order valence-corrected chi connectivity index (χ1v) is 9.79. The molecule has 2 aromatic carbocycles. The quantitative estimate of drug-likeness (QED) is 0.750. The van der Waals surface area contributed by atoms with Gasteiger partial charge in [-0.2, -0.15) is 0 Å². The minimum Gasteiger partial charge on any atom is -0.486 e. The lowest BCUT2D eigenvalue weighted by atomic mass is 9.93. The average Bonchev–Trinajstić information content (AvgIpc) is 2.68. The molecule has 3 N–H and O–H groups in total. The molecule has 0 saturated carbocycles. The minimum atomic E-state index is -0.510. The maximum absolute atomic E-state index is 12.7. The van der Waals surface area contributed by atoms with Crippen LogP contribution in [0.1, 0.15) is 11.1 Å². The molecule has 0 spiro atoms. The Hall–Kier alpha value is -2.58. The molecule has 0 aromatic heterocycles. The number of nitrogens with two attached hydrogens (primary N) is 1. The topological polar surface area (TPSA) is 93.9 Å². The van der Waals surface area contributed by atoms with Gasteiger partial charge < -0.3 is 20.5 Å². The average molecular weight is 446 g/mol. The fourth-order valence-electron chi connectivity index (χ4n) is 3.56. The number of amides is 2. The zero-order chi connectivity index (χ0) is 19.7. The Morgan fingerprint density at radius 2 is 1.82 bits per heavy atom. The van der Waals surface area contributed by atoms with Crippen molar-refractivity contribution in [3.05, 3.63) is 52.0 Å². The van der Waals surface area contributed by atoms with Gasteiger partial charge >= 0.3 is 0 Å². The number of ether oxygens (including phenoxy) is 2. The number of fused-ring (bicyclic) bond motifs is 2. The number of nitrogens with zero attached hydrogens (tertiary/aromatic N) is 1. The van der Waals surface area contributed by atoms with Gasteiger partial charge in [0, 0.05) is 23.2 Å². The fourth-order valence-corrected chi connectivity index (χ4v) is 3.98. The maximum atomic E-state index is 12.7. The Bertz CT molecular complexity index is 934. The van der Waals surface area contributed by atoms with E-state index in [1.54, 1.807) is 12.1 Å². The van der Waals surface area contributed by atoms with Crippen LogP contribution >= 0.6 is 15.9 Å². The van der Waals surface area contributed by atoms with Gasteiger partial charge in [-0.05, 0) is 33.5 Å². The number of nitrogens with one attached hydrogen (secondary N) is 1. The second kappa shape index (κ2) is 7.81. The van der Waals surface area contributed by atoms with Gasteiger partial charge in [0.15, 0.2) is 11.5 Å². The van der Waals surface area contributed by atoms with Crippen LogP contribution in [0, 0.1) is 0 Å². The molecule has 146 valence electrons. The van der Waals surface area contributed by atoms with Gasteiger partial charge in [-0.15, -0.1) is 0 Å². The molecule has 0 unspecified atom stereocenters. The highest BCUT2D eigenvalue weighted by Crippen LogP contribution is 2.38. The van der Waals surface area contributed by atoms with Crippen molar-refractivity contribution in [1.82, 2.24) is 4.90 Å². The lowest BCUT2D eigenvalue weighted by Gasteiger charge is -2.34. The van der Waals surface area contributed by atoms with E-state index in [0.717, 1.165) is 11.1 Å². The SMILES string of the molecule is NC(=O)[C@H]1Cc2ccccc2CN1CC(=O)Nc1cc2c(cc1Br)OCCO2. The first-order chi connectivity index (χ1) is 13.5. The summed E-state index contributed by atoms with van der Waals surface area (Å²) in [7, 11) is 0. The van der Waals surface area contributed by atoms with Crippen LogP contribution < -0.4 is 20.5 Å². The second-order valence-corrected chi connectivity index (χ2v) is 7.67.